The van der Waals surface area contributed by atoms with Gasteiger partial charge in [0.25, 0.3) is 0 Å². The van der Waals surface area contributed by atoms with Gasteiger partial charge in [0.15, 0.2) is 0 Å². The Balaban J connectivity index is 1.66. The molecule has 0 spiro atoms. The molecule has 0 fully saturated rings. The number of rotatable bonds is 2. The second-order valence-corrected chi connectivity index (χ2v) is 7.62. The molecule has 1 heterocycles. The third-order valence-electron chi connectivity index (χ3n) is 5.76. The summed E-state index contributed by atoms with van der Waals surface area (Å²) in [5.74, 6) is 0.236. The molecule has 3 nitrogen and oxygen atoms in total. The van der Waals surface area contributed by atoms with Gasteiger partial charge in [0.05, 0.1) is 22.1 Å². The van der Waals surface area contributed by atoms with Gasteiger partial charge in [-0.2, -0.15) is 0 Å². The van der Waals surface area contributed by atoms with Gasteiger partial charge in [0.1, 0.15) is 11.3 Å². The van der Waals surface area contributed by atoms with Crippen LogP contribution in [-0.2, 0) is 0 Å². The lowest BCUT2D eigenvalue weighted by atomic mass is 9.95. The third-order valence-corrected chi connectivity index (χ3v) is 5.76. The normalized spacial score (nSPS) is 11.4. The maximum absolute atomic E-state index is 11.3. The Kier molecular flexibility index (Phi) is 3.93. The first-order valence-corrected chi connectivity index (χ1v) is 10.3. The van der Waals surface area contributed by atoms with Crippen molar-refractivity contribution in [1.29, 1.82) is 0 Å². The summed E-state index contributed by atoms with van der Waals surface area (Å²) in [7, 11) is 0. The number of phenols is 1. The molecular formula is C28H18N2O. The number of fused-ring (bicyclic) bond motifs is 4. The molecule has 31 heavy (non-hydrogen) atoms. The van der Waals surface area contributed by atoms with Crippen molar-refractivity contribution in [3.8, 4) is 28.0 Å². The van der Waals surface area contributed by atoms with E-state index in [1.807, 2.05) is 78.9 Å². The fourth-order valence-electron chi connectivity index (χ4n) is 4.24. The van der Waals surface area contributed by atoms with Crippen LogP contribution in [0.1, 0.15) is 0 Å². The third kappa shape index (κ3) is 2.82. The van der Waals surface area contributed by atoms with Crippen LogP contribution in [0.2, 0.25) is 0 Å². The van der Waals surface area contributed by atoms with Crippen LogP contribution in [0, 0.1) is 0 Å². The fraction of sp³-hybridized carbons (Fsp3) is 0. The van der Waals surface area contributed by atoms with Crippen LogP contribution >= 0.6 is 0 Å². The summed E-state index contributed by atoms with van der Waals surface area (Å²) in [6.07, 6.45) is 0. The van der Waals surface area contributed by atoms with Crippen molar-refractivity contribution < 1.29 is 5.11 Å². The van der Waals surface area contributed by atoms with E-state index in [9.17, 15) is 5.11 Å². The van der Waals surface area contributed by atoms with Crippen LogP contribution in [-0.4, -0.2) is 15.1 Å². The molecule has 0 saturated carbocycles. The van der Waals surface area contributed by atoms with E-state index in [0.29, 0.717) is 11.1 Å². The Morgan fingerprint density at radius 1 is 0.452 bits per heavy atom. The minimum absolute atomic E-state index is 0.236. The summed E-state index contributed by atoms with van der Waals surface area (Å²) in [5, 5.41) is 13.0. The van der Waals surface area contributed by atoms with Gasteiger partial charge in [0.2, 0.25) is 0 Å². The van der Waals surface area contributed by atoms with Crippen LogP contribution in [0.15, 0.2) is 103 Å². The molecule has 0 aliphatic carbocycles. The van der Waals surface area contributed by atoms with Crippen molar-refractivity contribution in [2.24, 2.45) is 0 Å². The lowest BCUT2D eigenvalue weighted by Gasteiger charge is -2.14. The van der Waals surface area contributed by atoms with E-state index >= 15 is 0 Å². The molecule has 0 atom stereocenters. The molecule has 0 unspecified atom stereocenters. The molecule has 6 aromatic rings. The van der Waals surface area contributed by atoms with Gasteiger partial charge < -0.3 is 5.11 Å². The standard InChI is InChI=1S/C28H18N2O/c31-28-22-11-5-4-10-21(22)26-27(30-24-13-7-6-12-23(24)29-26)25(28)20-16-14-19(15-17-20)18-8-2-1-3-9-18/h1-17,31H. The Morgan fingerprint density at radius 3 is 1.68 bits per heavy atom. The van der Waals surface area contributed by atoms with E-state index in [0.717, 1.165) is 44.0 Å². The van der Waals surface area contributed by atoms with Crippen molar-refractivity contribution in [2.45, 2.75) is 0 Å². The van der Waals surface area contributed by atoms with Gasteiger partial charge in [-0.1, -0.05) is 91.0 Å². The highest BCUT2D eigenvalue weighted by atomic mass is 16.3. The maximum atomic E-state index is 11.3. The van der Waals surface area contributed by atoms with Crippen LogP contribution in [0.25, 0.3) is 55.1 Å². The van der Waals surface area contributed by atoms with Gasteiger partial charge in [-0.25, -0.2) is 9.97 Å². The lowest BCUT2D eigenvalue weighted by molar-refractivity contribution is 0.484. The Hall–Kier alpha value is -4.24. The van der Waals surface area contributed by atoms with Crippen LogP contribution in [0.4, 0.5) is 0 Å². The minimum atomic E-state index is 0.236. The molecule has 0 aliphatic rings. The second-order valence-electron chi connectivity index (χ2n) is 7.62. The summed E-state index contributed by atoms with van der Waals surface area (Å²) < 4.78 is 0. The van der Waals surface area contributed by atoms with Crippen LogP contribution in [0.5, 0.6) is 5.75 Å². The van der Waals surface area contributed by atoms with E-state index in [1.54, 1.807) is 0 Å². The van der Waals surface area contributed by atoms with Crippen molar-refractivity contribution in [3.63, 3.8) is 0 Å². The maximum Gasteiger partial charge on any atom is 0.133 e. The molecule has 146 valence electrons. The number of hydrogen-bond acceptors (Lipinski definition) is 3. The highest BCUT2D eigenvalue weighted by molar-refractivity contribution is 6.15. The number of aromatic nitrogens is 2. The zero-order valence-electron chi connectivity index (χ0n) is 16.7. The summed E-state index contributed by atoms with van der Waals surface area (Å²) in [5.41, 5.74) is 7.08. The molecule has 0 amide bonds. The fourth-order valence-corrected chi connectivity index (χ4v) is 4.24. The zero-order valence-corrected chi connectivity index (χ0v) is 16.7. The first-order valence-electron chi connectivity index (χ1n) is 10.3. The first-order chi connectivity index (χ1) is 15.3. The number of para-hydroxylation sites is 2. The molecule has 3 heteroatoms. The number of aromatic hydroxyl groups is 1. The zero-order chi connectivity index (χ0) is 20.8. The number of phenolic OH excluding ortho intramolecular Hbond substituents is 1. The highest BCUT2D eigenvalue weighted by Crippen LogP contribution is 2.42. The van der Waals surface area contributed by atoms with Gasteiger partial charge in [0, 0.05) is 10.8 Å². The van der Waals surface area contributed by atoms with Crippen molar-refractivity contribution in [1.82, 2.24) is 9.97 Å². The van der Waals surface area contributed by atoms with E-state index in [-0.39, 0.29) is 5.75 Å². The predicted molar refractivity (Wildman–Crippen MR) is 127 cm³/mol. The summed E-state index contributed by atoms with van der Waals surface area (Å²) >= 11 is 0. The molecule has 0 aliphatic heterocycles. The van der Waals surface area contributed by atoms with Gasteiger partial charge in [-0.15, -0.1) is 0 Å². The monoisotopic (exact) mass is 398 g/mol. The Morgan fingerprint density at radius 2 is 0.968 bits per heavy atom. The van der Waals surface area contributed by atoms with Crippen molar-refractivity contribution in [2.75, 3.05) is 0 Å². The number of benzene rings is 5. The van der Waals surface area contributed by atoms with Crippen LogP contribution in [0.3, 0.4) is 0 Å². The second kappa shape index (κ2) is 6.92. The summed E-state index contributed by atoms with van der Waals surface area (Å²) in [6, 6.07) is 34.2. The van der Waals surface area contributed by atoms with Crippen LogP contribution < -0.4 is 0 Å². The smallest absolute Gasteiger partial charge is 0.133 e. The Bertz CT molecular complexity index is 1570. The molecule has 0 saturated heterocycles. The van der Waals surface area contributed by atoms with Gasteiger partial charge in [-0.05, 0) is 28.8 Å². The average molecular weight is 398 g/mol. The quantitative estimate of drug-likeness (QED) is 0.253. The van der Waals surface area contributed by atoms with Crippen molar-refractivity contribution in [3.05, 3.63) is 103 Å². The summed E-state index contributed by atoms with van der Waals surface area (Å²) in [6.45, 7) is 0. The number of hydrogen-bond donors (Lipinski definition) is 1. The van der Waals surface area contributed by atoms with E-state index in [2.05, 4.69) is 24.3 Å². The average Bonchev–Trinajstić information content (AvgIpc) is 2.84. The van der Waals surface area contributed by atoms with Crippen molar-refractivity contribution >= 4 is 32.8 Å². The molecule has 0 bridgehead atoms. The topological polar surface area (TPSA) is 46.0 Å². The molecule has 1 aromatic heterocycles. The highest BCUT2D eigenvalue weighted by Gasteiger charge is 2.18. The van der Waals surface area contributed by atoms with E-state index < -0.39 is 0 Å². The predicted octanol–water partition coefficient (Wildman–Crippen LogP) is 6.98. The van der Waals surface area contributed by atoms with E-state index in [4.69, 9.17) is 9.97 Å². The lowest BCUT2D eigenvalue weighted by Crippen LogP contribution is -1.93. The first kappa shape index (κ1) is 17.6. The van der Waals surface area contributed by atoms with E-state index in [1.165, 1.54) is 0 Å². The largest absolute Gasteiger partial charge is 0.507 e. The SMILES string of the molecule is Oc1c(-c2ccc(-c3ccccc3)cc2)c2nc3ccccc3nc2c2ccccc12. The molecule has 6 rings (SSSR count). The Labute approximate surface area is 179 Å². The minimum Gasteiger partial charge on any atom is -0.507 e. The molecule has 5 aromatic carbocycles. The number of nitrogens with zero attached hydrogens (tertiary/aromatic N) is 2. The summed E-state index contributed by atoms with van der Waals surface area (Å²) in [4.78, 5) is 9.85. The molecular weight excluding hydrogens is 380 g/mol. The molecule has 0 radical (unpaired) electrons. The van der Waals surface area contributed by atoms with Gasteiger partial charge in [-0.3, -0.25) is 0 Å². The van der Waals surface area contributed by atoms with Gasteiger partial charge >= 0.3 is 0 Å². The molecule has 1 N–H and O–H groups in total.